The van der Waals surface area contributed by atoms with Crippen molar-refractivity contribution in [1.29, 1.82) is 0 Å². The molecule has 0 unspecified atom stereocenters. The van der Waals surface area contributed by atoms with E-state index < -0.39 is 0 Å². The van der Waals surface area contributed by atoms with Crippen molar-refractivity contribution in [3.63, 3.8) is 0 Å². The van der Waals surface area contributed by atoms with Crippen LogP contribution in [0.5, 0.6) is 0 Å². The van der Waals surface area contributed by atoms with Crippen LogP contribution in [0.25, 0.3) is 16.2 Å². The van der Waals surface area contributed by atoms with Crippen molar-refractivity contribution in [3.05, 3.63) is 42.3 Å². The Morgan fingerprint density at radius 2 is 2.12 bits per heavy atom. The Hall–Kier alpha value is -2.78. The standard InChI is InChI=1S/C16H16N6OS2/c1-3-8-17-15(24)19-14-20-16-22(21-14)13(9-25-16)11-4-6-12(7-5-11)18-10(2)23/h3-7,9H,1,8H2,2H3,(H,18,23)(H2,17,19,21,24). The molecule has 128 valence electrons. The highest BCUT2D eigenvalue weighted by Crippen LogP contribution is 2.26. The highest BCUT2D eigenvalue weighted by atomic mass is 32.1. The third-order valence-electron chi connectivity index (χ3n) is 3.21. The quantitative estimate of drug-likeness (QED) is 0.472. The molecule has 0 aliphatic heterocycles. The monoisotopic (exact) mass is 372 g/mol. The van der Waals surface area contributed by atoms with Gasteiger partial charge in [0, 0.05) is 30.1 Å². The molecule has 1 aromatic carbocycles. The van der Waals surface area contributed by atoms with E-state index in [0.29, 0.717) is 17.6 Å². The number of thiocarbonyl (C=S) groups is 1. The molecule has 1 amide bonds. The Kier molecular flexibility index (Phi) is 5.05. The van der Waals surface area contributed by atoms with Gasteiger partial charge < -0.3 is 10.6 Å². The Bertz CT molecular complexity index is 928. The van der Waals surface area contributed by atoms with Gasteiger partial charge in [0.25, 0.3) is 0 Å². The summed E-state index contributed by atoms with van der Waals surface area (Å²) in [5, 5.41) is 15.5. The Balaban J connectivity index is 1.81. The summed E-state index contributed by atoms with van der Waals surface area (Å²) in [4.78, 5) is 16.3. The van der Waals surface area contributed by atoms with Crippen molar-refractivity contribution in [1.82, 2.24) is 19.9 Å². The summed E-state index contributed by atoms with van der Waals surface area (Å²) in [6.07, 6.45) is 1.72. The fourth-order valence-electron chi connectivity index (χ4n) is 2.17. The number of carbonyl (C=O) groups is 1. The predicted molar refractivity (Wildman–Crippen MR) is 105 cm³/mol. The van der Waals surface area contributed by atoms with E-state index in [1.165, 1.54) is 18.3 Å². The first-order valence-electron chi connectivity index (χ1n) is 7.45. The molecule has 3 rings (SSSR count). The maximum Gasteiger partial charge on any atom is 0.250 e. The number of rotatable bonds is 5. The third kappa shape index (κ3) is 4.01. The van der Waals surface area contributed by atoms with Gasteiger partial charge in [-0.1, -0.05) is 18.2 Å². The number of amides is 1. The van der Waals surface area contributed by atoms with Crippen molar-refractivity contribution in [2.75, 3.05) is 17.2 Å². The van der Waals surface area contributed by atoms with Crippen LogP contribution in [-0.4, -0.2) is 32.2 Å². The number of anilines is 2. The second-order valence-corrected chi connectivity index (χ2v) is 6.38. The fraction of sp³-hybridized carbons (Fsp3) is 0.125. The van der Waals surface area contributed by atoms with E-state index in [-0.39, 0.29) is 5.91 Å². The summed E-state index contributed by atoms with van der Waals surface area (Å²) in [6, 6.07) is 7.56. The van der Waals surface area contributed by atoms with Gasteiger partial charge in [-0.15, -0.1) is 23.0 Å². The van der Waals surface area contributed by atoms with Crippen LogP contribution in [0, 0.1) is 0 Å². The SMILES string of the molecule is C=CCNC(=S)Nc1nc2scc(-c3ccc(NC(C)=O)cc3)n2n1. The molecular weight excluding hydrogens is 356 g/mol. The van der Waals surface area contributed by atoms with Gasteiger partial charge in [-0.2, -0.15) is 4.98 Å². The van der Waals surface area contributed by atoms with Gasteiger partial charge in [0.1, 0.15) is 0 Å². The molecule has 2 heterocycles. The van der Waals surface area contributed by atoms with Crippen LogP contribution in [0.1, 0.15) is 6.92 Å². The molecule has 2 aromatic heterocycles. The minimum Gasteiger partial charge on any atom is -0.359 e. The van der Waals surface area contributed by atoms with Crippen molar-refractivity contribution < 1.29 is 4.79 Å². The van der Waals surface area contributed by atoms with E-state index in [4.69, 9.17) is 12.2 Å². The Morgan fingerprint density at radius 1 is 1.36 bits per heavy atom. The molecule has 0 fully saturated rings. The number of hydrogen-bond acceptors (Lipinski definition) is 5. The number of thiazole rings is 1. The van der Waals surface area contributed by atoms with Gasteiger partial charge in [-0.3, -0.25) is 10.1 Å². The lowest BCUT2D eigenvalue weighted by molar-refractivity contribution is -0.114. The molecule has 0 atom stereocenters. The molecular formula is C16H16N6OS2. The molecule has 9 heteroatoms. The highest BCUT2D eigenvalue weighted by Gasteiger charge is 2.12. The number of hydrogen-bond donors (Lipinski definition) is 3. The second-order valence-electron chi connectivity index (χ2n) is 5.13. The van der Waals surface area contributed by atoms with Gasteiger partial charge in [0.2, 0.25) is 16.8 Å². The molecule has 25 heavy (non-hydrogen) atoms. The van der Waals surface area contributed by atoms with E-state index in [1.54, 1.807) is 10.6 Å². The average Bonchev–Trinajstić information content (AvgIpc) is 3.13. The van der Waals surface area contributed by atoms with Crippen LogP contribution in [0.15, 0.2) is 42.3 Å². The van der Waals surface area contributed by atoms with E-state index in [9.17, 15) is 4.79 Å². The Morgan fingerprint density at radius 3 is 2.80 bits per heavy atom. The highest BCUT2D eigenvalue weighted by molar-refractivity contribution is 7.80. The molecule has 7 nitrogen and oxygen atoms in total. The van der Waals surface area contributed by atoms with Crippen LogP contribution < -0.4 is 16.0 Å². The normalized spacial score (nSPS) is 10.4. The molecule has 3 aromatic rings. The first-order chi connectivity index (χ1) is 12.1. The van der Waals surface area contributed by atoms with Gasteiger partial charge in [0.15, 0.2) is 5.11 Å². The topological polar surface area (TPSA) is 83.4 Å². The number of fused-ring (bicyclic) bond motifs is 1. The van der Waals surface area contributed by atoms with Crippen molar-refractivity contribution in [2.45, 2.75) is 6.92 Å². The van der Waals surface area contributed by atoms with E-state index >= 15 is 0 Å². The minimum atomic E-state index is -0.0984. The molecule has 0 spiro atoms. The van der Waals surface area contributed by atoms with E-state index in [1.807, 2.05) is 29.6 Å². The van der Waals surface area contributed by atoms with Gasteiger partial charge in [-0.05, 0) is 24.4 Å². The van der Waals surface area contributed by atoms with Crippen LogP contribution in [0.3, 0.4) is 0 Å². The summed E-state index contributed by atoms with van der Waals surface area (Å²) in [5.74, 6) is 0.336. The second kappa shape index (κ2) is 7.41. The van der Waals surface area contributed by atoms with Crippen molar-refractivity contribution >= 4 is 51.2 Å². The maximum absolute atomic E-state index is 11.1. The number of carbonyl (C=O) groups excluding carboxylic acids is 1. The molecule has 0 saturated carbocycles. The summed E-state index contributed by atoms with van der Waals surface area (Å²) < 4.78 is 1.76. The van der Waals surface area contributed by atoms with Crippen LogP contribution in [0.4, 0.5) is 11.6 Å². The van der Waals surface area contributed by atoms with Crippen LogP contribution in [0.2, 0.25) is 0 Å². The molecule has 0 aliphatic rings. The Labute approximate surface area is 153 Å². The van der Waals surface area contributed by atoms with Gasteiger partial charge >= 0.3 is 0 Å². The molecule has 3 N–H and O–H groups in total. The van der Waals surface area contributed by atoms with Crippen LogP contribution in [-0.2, 0) is 4.79 Å². The van der Waals surface area contributed by atoms with Gasteiger partial charge in [0.05, 0.1) is 5.69 Å². The molecule has 0 aliphatic carbocycles. The summed E-state index contributed by atoms with van der Waals surface area (Å²) in [7, 11) is 0. The first kappa shape index (κ1) is 17.1. The predicted octanol–water partition coefficient (Wildman–Crippen LogP) is 2.89. The zero-order valence-corrected chi connectivity index (χ0v) is 15.1. The zero-order valence-electron chi connectivity index (χ0n) is 13.4. The summed E-state index contributed by atoms with van der Waals surface area (Å²) in [6.45, 7) is 5.68. The maximum atomic E-state index is 11.1. The van der Waals surface area contributed by atoms with E-state index in [0.717, 1.165) is 21.9 Å². The minimum absolute atomic E-state index is 0.0984. The smallest absolute Gasteiger partial charge is 0.250 e. The van der Waals surface area contributed by atoms with Crippen molar-refractivity contribution in [3.8, 4) is 11.3 Å². The molecule has 0 radical (unpaired) electrons. The number of nitrogens with one attached hydrogen (secondary N) is 3. The lowest BCUT2D eigenvalue weighted by Crippen LogP contribution is -2.28. The number of benzene rings is 1. The summed E-state index contributed by atoms with van der Waals surface area (Å²) >= 11 is 6.65. The largest absolute Gasteiger partial charge is 0.359 e. The zero-order chi connectivity index (χ0) is 17.8. The number of aromatic nitrogens is 3. The number of nitrogens with zero attached hydrogens (tertiary/aromatic N) is 3. The average molecular weight is 372 g/mol. The van der Waals surface area contributed by atoms with Crippen LogP contribution >= 0.6 is 23.6 Å². The van der Waals surface area contributed by atoms with Crippen molar-refractivity contribution in [2.24, 2.45) is 0 Å². The lowest BCUT2D eigenvalue weighted by Gasteiger charge is -2.05. The summed E-state index contributed by atoms with van der Waals surface area (Å²) in [5.41, 5.74) is 2.64. The first-order valence-corrected chi connectivity index (χ1v) is 8.73. The van der Waals surface area contributed by atoms with Gasteiger partial charge in [-0.25, -0.2) is 4.52 Å². The lowest BCUT2D eigenvalue weighted by atomic mass is 10.1. The van der Waals surface area contributed by atoms with E-state index in [2.05, 4.69) is 32.6 Å². The third-order valence-corrected chi connectivity index (χ3v) is 4.28. The fourth-order valence-corrected chi connectivity index (χ4v) is 3.18. The molecule has 0 saturated heterocycles. The molecule has 0 bridgehead atoms.